The molecule has 0 bridgehead atoms. The first-order valence-electron chi connectivity index (χ1n) is 1.17. The minimum absolute atomic E-state index is 0. The van der Waals surface area contributed by atoms with Crippen molar-refractivity contribution in [3.8, 4) is 0 Å². The van der Waals surface area contributed by atoms with Crippen LogP contribution < -0.4 is 0 Å². The predicted octanol–water partition coefficient (Wildman–Crippen LogP) is -0.242. The SMILES string of the molecule is FOB(OF)OF.[MgH2]. The smallest absolute Gasteiger partial charge is 0.185 e. The minimum atomic E-state index is -2.51. The van der Waals surface area contributed by atoms with Gasteiger partial charge in [0.1, 0.15) is 0 Å². The third kappa shape index (κ3) is 4.65. The van der Waals surface area contributed by atoms with Gasteiger partial charge in [0, 0.05) is 0 Å². The van der Waals surface area contributed by atoms with Crippen molar-refractivity contribution in [3.63, 3.8) is 0 Å². The van der Waals surface area contributed by atoms with Crippen LogP contribution in [0.2, 0.25) is 0 Å². The highest BCUT2D eigenvalue weighted by Crippen LogP contribution is 1.91. The molecule has 0 saturated carbocycles. The molecule has 8 heavy (non-hydrogen) atoms. The van der Waals surface area contributed by atoms with E-state index in [1.807, 2.05) is 0 Å². The number of hydrogen-bond donors (Lipinski definition) is 0. The summed E-state index contributed by atoms with van der Waals surface area (Å²) in [5.74, 6) is 0. The fourth-order valence-electron chi connectivity index (χ4n) is 0.0412. The largest absolute Gasteiger partial charge is 0.737 e. The zero-order chi connectivity index (χ0) is 5.70. The maximum Gasteiger partial charge on any atom is 0.737 e. The van der Waals surface area contributed by atoms with Crippen LogP contribution >= 0.6 is 0 Å². The molecule has 0 fully saturated rings. The lowest BCUT2D eigenvalue weighted by atomic mass is 10.3. The molecule has 0 aromatic carbocycles. The van der Waals surface area contributed by atoms with Crippen LogP contribution in [0, 0.1) is 0 Å². The summed E-state index contributed by atoms with van der Waals surface area (Å²) in [6.07, 6.45) is 0. The molecule has 0 aromatic rings. The van der Waals surface area contributed by atoms with Gasteiger partial charge in [-0.25, -0.2) is 0 Å². The molecule has 0 rings (SSSR count). The maximum atomic E-state index is 10.4. The van der Waals surface area contributed by atoms with Gasteiger partial charge in [0.2, 0.25) is 0 Å². The number of halogens is 3. The van der Waals surface area contributed by atoms with Crippen LogP contribution in [-0.4, -0.2) is 30.4 Å². The molecule has 0 aliphatic heterocycles. The van der Waals surface area contributed by atoms with E-state index in [1.54, 1.807) is 0 Å². The summed E-state index contributed by atoms with van der Waals surface area (Å²) in [7, 11) is -2.51. The Hall–Kier alpha value is 0.501. The lowest BCUT2D eigenvalue weighted by molar-refractivity contribution is -0.190. The molecule has 46 valence electrons. The average Bonchev–Trinajstić information content (AvgIpc) is 1.72. The van der Waals surface area contributed by atoms with Crippen LogP contribution in [0.3, 0.4) is 0 Å². The van der Waals surface area contributed by atoms with Gasteiger partial charge < -0.3 is 0 Å². The Morgan fingerprint density at radius 3 is 1.12 bits per heavy atom. The molecule has 8 heteroatoms. The predicted molar refractivity (Wildman–Crippen MR) is 20.9 cm³/mol. The third-order valence-electron chi connectivity index (χ3n) is 0.218. The van der Waals surface area contributed by atoms with Crippen molar-refractivity contribution in [1.29, 1.82) is 0 Å². The average molecular weight is 142 g/mol. The Morgan fingerprint density at radius 1 is 0.875 bits per heavy atom. The van der Waals surface area contributed by atoms with Gasteiger partial charge in [0.15, 0.2) is 0 Å². The first-order chi connectivity index (χ1) is 3.35. The zero-order valence-electron chi connectivity index (χ0n) is 2.94. The quantitative estimate of drug-likeness (QED) is 0.509. The fourth-order valence-corrected chi connectivity index (χ4v) is 0.0412. The van der Waals surface area contributed by atoms with E-state index in [2.05, 4.69) is 14.6 Å². The van der Waals surface area contributed by atoms with Crippen molar-refractivity contribution in [2.45, 2.75) is 0 Å². The van der Waals surface area contributed by atoms with Gasteiger partial charge in [0.25, 0.3) is 0 Å². The van der Waals surface area contributed by atoms with Crippen molar-refractivity contribution in [2.75, 3.05) is 0 Å². The van der Waals surface area contributed by atoms with Gasteiger partial charge in [-0.2, -0.15) is 14.6 Å². The normalized spacial score (nSPS) is 7.88. The number of hydrogen-bond acceptors (Lipinski definition) is 3. The van der Waals surface area contributed by atoms with Gasteiger partial charge in [-0.1, -0.05) is 13.6 Å². The summed E-state index contributed by atoms with van der Waals surface area (Å²) in [5, 5.41) is 0. The van der Waals surface area contributed by atoms with Gasteiger partial charge >= 0.3 is 30.4 Å². The minimum Gasteiger partial charge on any atom is -0.185 e. The van der Waals surface area contributed by atoms with E-state index in [0.717, 1.165) is 0 Å². The van der Waals surface area contributed by atoms with Crippen LogP contribution in [0.4, 0.5) is 13.6 Å². The second-order valence-electron chi connectivity index (χ2n) is 0.556. The highest BCUT2D eigenvalue weighted by molar-refractivity contribution is 6.35. The zero-order valence-corrected chi connectivity index (χ0v) is 2.94. The van der Waals surface area contributed by atoms with Crippen molar-refractivity contribution < 1.29 is 28.2 Å². The van der Waals surface area contributed by atoms with Gasteiger partial charge in [-0.3, -0.25) is 0 Å². The molecule has 0 N–H and O–H groups in total. The van der Waals surface area contributed by atoms with E-state index in [-0.39, 0.29) is 23.1 Å². The lowest BCUT2D eigenvalue weighted by Gasteiger charge is -1.88. The maximum absolute atomic E-state index is 10.4. The van der Waals surface area contributed by atoms with Crippen LogP contribution in [-0.2, 0) is 14.6 Å². The summed E-state index contributed by atoms with van der Waals surface area (Å²) in [6.45, 7) is 0. The first kappa shape index (κ1) is 11.3. The molecule has 0 unspecified atom stereocenters. The van der Waals surface area contributed by atoms with Crippen molar-refractivity contribution in [3.05, 3.63) is 0 Å². The van der Waals surface area contributed by atoms with E-state index < -0.39 is 7.32 Å². The second-order valence-corrected chi connectivity index (χ2v) is 0.556. The topological polar surface area (TPSA) is 27.7 Å². The van der Waals surface area contributed by atoms with Crippen LogP contribution in [0.1, 0.15) is 0 Å². The summed E-state index contributed by atoms with van der Waals surface area (Å²) in [4.78, 5) is 7.06. The highest BCUT2D eigenvalue weighted by Gasteiger charge is 2.24. The van der Waals surface area contributed by atoms with Crippen LogP contribution in [0.15, 0.2) is 0 Å². The molecule has 0 spiro atoms. The lowest BCUT2D eigenvalue weighted by Crippen LogP contribution is -2.15. The molecule has 3 nitrogen and oxygen atoms in total. The van der Waals surface area contributed by atoms with Crippen molar-refractivity contribution in [2.24, 2.45) is 0 Å². The first-order valence-corrected chi connectivity index (χ1v) is 1.17. The molecule has 0 aromatic heterocycles. The van der Waals surface area contributed by atoms with E-state index in [4.69, 9.17) is 0 Å². The van der Waals surface area contributed by atoms with Crippen molar-refractivity contribution >= 4 is 30.4 Å². The Balaban J connectivity index is 0. The van der Waals surface area contributed by atoms with E-state index in [0.29, 0.717) is 0 Å². The van der Waals surface area contributed by atoms with E-state index >= 15 is 0 Å². The van der Waals surface area contributed by atoms with Gasteiger partial charge in [-0.15, -0.1) is 0 Å². The summed E-state index contributed by atoms with van der Waals surface area (Å²) < 4.78 is 31.3. The van der Waals surface area contributed by atoms with Crippen molar-refractivity contribution in [1.82, 2.24) is 0 Å². The van der Waals surface area contributed by atoms with Gasteiger partial charge in [-0.05, 0) is 0 Å². The van der Waals surface area contributed by atoms with E-state index in [9.17, 15) is 13.6 Å². The third-order valence-corrected chi connectivity index (χ3v) is 0.218. The standard InChI is InChI=1S/BF3O3.Mg.2H/c2-5-1(6-3)7-4;;;. The van der Waals surface area contributed by atoms with E-state index in [1.165, 1.54) is 0 Å². The molecular weight excluding hydrogens is 140 g/mol. The molecule has 0 saturated heterocycles. The van der Waals surface area contributed by atoms with Gasteiger partial charge in [0.05, 0.1) is 0 Å². The molecular formula is H2BF3MgO3. The summed E-state index contributed by atoms with van der Waals surface area (Å²) >= 11 is 0. The Kier molecular flexibility index (Phi) is 10.6. The van der Waals surface area contributed by atoms with Crippen LogP contribution in [0.25, 0.3) is 0 Å². The summed E-state index contributed by atoms with van der Waals surface area (Å²) in [5.41, 5.74) is 0. The molecule has 0 heterocycles. The second kappa shape index (κ2) is 7.50. The monoisotopic (exact) mass is 142 g/mol. The molecule has 0 aliphatic rings. The molecule has 0 amide bonds. The number of rotatable bonds is 3. The Bertz CT molecular complexity index is 36.0. The molecule has 0 radical (unpaired) electrons. The Morgan fingerprint density at radius 2 is 1.12 bits per heavy atom. The Labute approximate surface area is 59.1 Å². The summed E-state index contributed by atoms with van der Waals surface area (Å²) in [6, 6.07) is 0. The molecule has 0 aliphatic carbocycles. The fraction of sp³-hybridized carbons (Fsp3) is 0. The molecule has 0 atom stereocenters. The highest BCUT2D eigenvalue weighted by atomic mass is 24.3. The van der Waals surface area contributed by atoms with Crippen LogP contribution in [0.5, 0.6) is 0 Å².